The first-order valence-corrected chi connectivity index (χ1v) is 13.6. The number of unbranched alkanes of at least 4 members (excludes halogenated alkanes) is 1. The summed E-state index contributed by atoms with van der Waals surface area (Å²) >= 11 is 0. The van der Waals surface area contributed by atoms with Crippen molar-refractivity contribution in [3.63, 3.8) is 0 Å². The molecule has 0 saturated heterocycles. The van der Waals surface area contributed by atoms with Gasteiger partial charge < -0.3 is 20.1 Å². The van der Waals surface area contributed by atoms with E-state index < -0.39 is 28.3 Å². The number of carbonyl (C=O) groups is 2. The van der Waals surface area contributed by atoms with Crippen molar-refractivity contribution in [1.82, 2.24) is 5.32 Å². The van der Waals surface area contributed by atoms with Crippen LogP contribution >= 0.6 is 0 Å². The molecule has 38 heavy (non-hydrogen) atoms. The van der Waals surface area contributed by atoms with Gasteiger partial charge in [0.15, 0.2) is 11.5 Å². The van der Waals surface area contributed by atoms with Gasteiger partial charge in [-0.05, 0) is 55.0 Å². The molecule has 11 heteroatoms. The van der Waals surface area contributed by atoms with Crippen molar-refractivity contribution in [2.45, 2.75) is 24.7 Å². The number of halogens is 1. The summed E-state index contributed by atoms with van der Waals surface area (Å²) in [5, 5.41) is 5.44. The first kappa shape index (κ1) is 26.9. The van der Waals surface area contributed by atoms with E-state index in [1.807, 2.05) is 6.92 Å². The minimum Gasteiger partial charge on any atom is -0.486 e. The normalized spacial score (nSPS) is 12.5. The molecule has 0 aliphatic carbocycles. The Kier molecular flexibility index (Phi) is 8.47. The number of rotatable bonds is 10. The van der Waals surface area contributed by atoms with Crippen molar-refractivity contribution in [2.24, 2.45) is 0 Å². The monoisotopic (exact) mass is 541 g/mol. The highest BCUT2D eigenvalue weighted by molar-refractivity contribution is 7.92. The molecule has 2 N–H and O–H groups in total. The number of carbonyl (C=O) groups excluding carboxylic acids is 2. The Morgan fingerprint density at radius 1 is 0.974 bits per heavy atom. The third-order valence-corrected chi connectivity index (χ3v) is 7.53. The molecule has 0 fully saturated rings. The number of ether oxygens (including phenoxy) is 2. The SMILES string of the molecule is CCCCNC(=O)c1ccccc1NC(=O)CN(c1ccc(F)cc1)S(=O)(=O)c1ccc2c(c1)OCCO2. The summed E-state index contributed by atoms with van der Waals surface area (Å²) in [5.41, 5.74) is 0.573. The van der Waals surface area contributed by atoms with Crippen molar-refractivity contribution < 1.29 is 31.9 Å². The van der Waals surface area contributed by atoms with Gasteiger partial charge in [-0.1, -0.05) is 25.5 Å². The highest BCUT2D eigenvalue weighted by atomic mass is 32.2. The summed E-state index contributed by atoms with van der Waals surface area (Å²) in [6, 6.07) is 15.4. The highest BCUT2D eigenvalue weighted by Crippen LogP contribution is 2.34. The van der Waals surface area contributed by atoms with Gasteiger partial charge in [0, 0.05) is 12.6 Å². The average molecular weight is 542 g/mol. The molecule has 4 rings (SSSR count). The molecule has 2 amide bonds. The first-order valence-electron chi connectivity index (χ1n) is 12.1. The third-order valence-electron chi connectivity index (χ3n) is 5.77. The van der Waals surface area contributed by atoms with Gasteiger partial charge >= 0.3 is 0 Å². The standard InChI is InChI=1S/C27H28FN3O6S/c1-2-3-14-29-27(33)22-6-4-5-7-23(22)30-26(32)18-31(20-10-8-19(28)9-11-20)38(34,35)21-12-13-24-25(17-21)37-16-15-36-24/h4-13,17H,2-3,14-16,18H2,1H3,(H,29,33)(H,30,32). The van der Waals surface area contributed by atoms with Gasteiger partial charge in [-0.3, -0.25) is 13.9 Å². The van der Waals surface area contributed by atoms with Crippen LogP contribution < -0.4 is 24.4 Å². The minimum absolute atomic E-state index is 0.0852. The zero-order valence-corrected chi connectivity index (χ0v) is 21.6. The summed E-state index contributed by atoms with van der Waals surface area (Å²) in [4.78, 5) is 25.6. The highest BCUT2D eigenvalue weighted by Gasteiger charge is 2.29. The number of nitrogens with one attached hydrogen (secondary N) is 2. The number of sulfonamides is 1. The largest absolute Gasteiger partial charge is 0.486 e. The minimum atomic E-state index is -4.29. The van der Waals surface area contributed by atoms with E-state index in [-0.39, 0.29) is 40.1 Å². The lowest BCUT2D eigenvalue weighted by atomic mass is 10.1. The number of hydrogen-bond acceptors (Lipinski definition) is 6. The Morgan fingerprint density at radius 2 is 1.68 bits per heavy atom. The lowest BCUT2D eigenvalue weighted by molar-refractivity contribution is -0.114. The number of fused-ring (bicyclic) bond motifs is 1. The average Bonchev–Trinajstić information content (AvgIpc) is 2.92. The van der Waals surface area contributed by atoms with Crippen LogP contribution in [0.4, 0.5) is 15.8 Å². The number of nitrogens with zero attached hydrogens (tertiary/aromatic N) is 1. The lowest BCUT2D eigenvalue weighted by Crippen LogP contribution is -2.38. The quantitative estimate of drug-likeness (QED) is 0.376. The van der Waals surface area contributed by atoms with Crippen LogP contribution in [-0.4, -0.2) is 46.5 Å². The van der Waals surface area contributed by atoms with Crippen molar-refractivity contribution in [2.75, 3.05) is 35.9 Å². The molecule has 3 aromatic rings. The fraction of sp³-hybridized carbons (Fsp3) is 0.259. The molecule has 0 saturated carbocycles. The zero-order valence-electron chi connectivity index (χ0n) is 20.8. The second kappa shape index (κ2) is 12.0. The molecule has 0 bridgehead atoms. The van der Waals surface area contributed by atoms with Crippen LogP contribution in [-0.2, 0) is 14.8 Å². The summed E-state index contributed by atoms with van der Waals surface area (Å²) in [6.07, 6.45) is 1.72. The number of amides is 2. The second-order valence-electron chi connectivity index (χ2n) is 8.50. The number of para-hydroxylation sites is 1. The Balaban J connectivity index is 1.61. The van der Waals surface area contributed by atoms with Crippen LogP contribution in [0.1, 0.15) is 30.1 Å². The predicted molar refractivity (Wildman–Crippen MR) is 141 cm³/mol. The van der Waals surface area contributed by atoms with Crippen molar-refractivity contribution in [3.8, 4) is 11.5 Å². The van der Waals surface area contributed by atoms with E-state index >= 15 is 0 Å². The third kappa shape index (κ3) is 6.23. The molecule has 200 valence electrons. The van der Waals surface area contributed by atoms with Crippen LogP contribution in [0.25, 0.3) is 0 Å². The maximum atomic E-state index is 13.7. The van der Waals surface area contributed by atoms with Gasteiger partial charge in [0.05, 0.1) is 21.8 Å². The Bertz CT molecular complexity index is 1410. The first-order chi connectivity index (χ1) is 18.3. The van der Waals surface area contributed by atoms with E-state index in [4.69, 9.17) is 9.47 Å². The lowest BCUT2D eigenvalue weighted by Gasteiger charge is -2.25. The molecule has 0 spiro atoms. The van der Waals surface area contributed by atoms with Crippen LogP contribution in [0.3, 0.4) is 0 Å². The maximum Gasteiger partial charge on any atom is 0.264 e. The molecule has 1 aliphatic heterocycles. The van der Waals surface area contributed by atoms with Gasteiger partial charge in [0.25, 0.3) is 15.9 Å². The van der Waals surface area contributed by atoms with E-state index in [0.29, 0.717) is 18.9 Å². The molecular weight excluding hydrogens is 513 g/mol. The van der Waals surface area contributed by atoms with E-state index in [2.05, 4.69) is 10.6 Å². The Morgan fingerprint density at radius 3 is 2.42 bits per heavy atom. The molecular formula is C27H28FN3O6S. The number of anilines is 2. The molecule has 1 aliphatic rings. The summed E-state index contributed by atoms with van der Waals surface area (Å²) in [5.74, 6) is -0.922. The van der Waals surface area contributed by atoms with Crippen molar-refractivity contribution >= 4 is 33.2 Å². The molecule has 0 aromatic heterocycles. The van der Waals surface area contributed by atoms with Crippen LogP contribution in [0.2, 0.25) is 0 Å². The fourth-order valence-electron chi connectivity index (χ4n) is 3.82. The topological polar surface area (TPSA) is 114 Å². The van der Waals surface area contributed by atoms with Gasteiger partial charge in [-0.15, -0.1) is 0 Å². The molecule has 9 nitrogen and oxygen atoms in total. The summed E-state index contributed by atoms with van der Waals surface area (Å²) < 4.78 is 52.9. The molecule has 3 aromatic carbocycles. The van der Waals surface area contributed by atoms with Gasteiger partial charge in [0.1, 0.15) is 25.6 Å². The zero-order chi connectivity index (χ0) is 27.1. The number of hydrogen-bond donors (Lipinski definition) is 2. The Labute approximate surface area is 220 Å². The van der Waals surface area contributed by atoms with Crippen LogP contribution in [0, 0.1) is 5.82 Å². The molecule has 0 unspecified atom stereocenters. The Hall–Kier alpha value is -4.12. The van der Waals surface area contributed by atoms with E-state index in [0.717, 1.165) is 29.3 Å². The maximum absolute atomic E-state index is 13.7. The predicted octanol–water partition coefficient (Wildman–Crippen LogP) is 3.96. The fourth-order valence-corrected chi connectivity index (χ4v) is 5.25. The number of benzene rings is 3. The van der Waals surface area contributed by atoms with Gasteiger partial charge in [-0.25, -0.2) is 12.8 Å². The molecule has 0 atom stereocenters. The van der Waals surface area contributed by atoms with E-state index in [1.54, 1.807) is 24.3 Å². The summed E-state index contributed by atoms with van der Waals surface area (Å²) in [7, 11) is -4.29. The van der Waals surface area contributed by atoms with Crippen LogP contribution in [0.5, 0.6) is 11.5 Å². The van der Waals surface area contributed by atoms with Crippen molar-refractivity contribution in [1.29, 1.82) is 0 Å². The van der Waals surface area contributed by atoms with Crippen LogP contribution in [0.15, 0.2) is 71.6 Å². The van der Waals surface area contributed by atoms with Gasteiger partial charge in [-0.2, -0.15) is 0 Å². The van der Waals surface area contributed by atoms with Gasteiger partial charge in [0.2, 0.25) is 5.91 Å². The van der Waals surface area contributed by atoms with E-state index in [9.17, 15) is 22.4 Å². The second-order valence-corrected chi connectivity index (χ2v) is 10.4. The smallest absolute Gasteiger partial charge is 0.264 e. The van der Waals surface area contributed by atoms with E-state index in [1.165, 1.54) is 30.3 Å². The molecule has 0 radical (unpaired) electrons. The molecule has 1 heterocycles. The van der Waals surface area contributed by atoms with Crippen molar-refractivity contribution in [3.05, 3.63) is 78.1 Å². The summed E-state index contributed by atoms with van der Waals surface area (Å²) in [6.45, 7) is 2.48.